The van der Waals surface area contributed by atoms with Gasteiger partial charge in [-0.1, -0.05) is 19.9 Å². The Labute approximate surface area is 157 Å². The molecule has 146 valence electrons. The topological polar surface area (TPSA) is 110 Å². The molecule has 8 nitrogen and oxygen atoms in total. The molecule has 3 rings (SSSR count). The van der Waals surface area contributed by atoms with Crippen LogP contribution in [-0.4, -0.2) is 42.4 Å². The van der Waals surface area contributed by atoms with Crippen molar-refractivity contribution in [2.45, 2.75) is 44.0 Å². The van der Waals surface area contributed by atoms with Gasteiger partial charge < -0.3 is 14.3 Å². The van der Waals surface area contributed by atoms with Gasteiger partial charge in [0.15, 0.2) is 5.89 Å². The van der Waals surface area contributed by atoms with E-state index >= 15 is 0 Å². The predicted octanol–water partition coefficient (Wildman–Crippen LogP) is 2.18. The first kappa shape index (κ1) is 19.4. The third-order valence-electron chi connectivity index (χ3n) is 4.40. The fraction of sp³-hybridized carbons (Fsp3) is 0.444. The molecule has 0 bridgehead atoms. The Morgan fingerprint density at radius 1 is 1.41 bits per heavy atom. The highest BCUT2D eigenvalue weighted by atomic mass is 32.2. The number of aromatic nitrogens is 1. The summed E-state index contributed by atoms with van der Waals surface area (Å²) in [5.74, 6) is 0.582. The molecule has 0 saturated heterocycles. The normalized spacial score (nSPS) is 15.0. The summed E-state index contributed by atoms with van der Waals surface area (Å²) in [6.45, 7) is 4.30. The number of carbonyl (C=O) groups is 1. The van der Waals surface area contributed by atoms with E-state index in [9.17, 15) is 13.2 Å². The fourth-order valence-electron chi connectivity index (χ4n) is 2.99. The summed E-state index contributed by atoms with van der Waals surface area (Å²) in [5.41, 5.74) is 1.01. The van der Waals surface area contributed by atoms with Crippen LogP contribution in [0.1, 0.15) is 42.7 Å². The molecule has 1 aromatic carbocycles. The van der Waals surface area contributed by atoms with Crippen LogP contribution in [0.25, 0.3) is 0 Å². The van der Waals surface area contributed by atoms with E-state index in [-0.39, 0.29) is 36.1 Å². The van der Waals surface area contributed by atoms with Crippen LogP contribution in [-0.2, 0) is 34.2 Å². The van der Waals surface area contributed by atoms with E-state index < -0.39 is 16.0 Å². The average molecular weight is 394 g/mol. The zero-order chi connectivity index (χ0) is 19.8. The van der Waals surface area contributed by atoms with Crippen molar-refractivity contribution in [2.75, 3.05) is 13.7 Å². The van der Waals surface area contributed by atoms with Crippen molar-refractivity contribution in [3.63, 3.8) is 0 Å². The van der Waals surface area contributed by atoms with E-state index in [2.05, 4.69) is 4.98 Å². The van der Waals surface area contributed by atoms with Gasteiger partial charge in [0.05, 0.1) is 25.8 Å². The molecule has 27 heavy (non-hydrogen) atoms. The van der Waals surface area contributed by atoms with Gasteiger partial charge in [0.2, 0.25) is 10.0 Å². The first-order chi connectivity index (χ1) is 12.7. The molecule has 1 aromatic heterocycles. The minimum absolute atomic E-state index is 0.0419. The number of aliphatic carboxylic acids is 1. The number of benzene rings is 1. The van der Waals surface area contributed by atoms with Crippen LogP contribution in [0.15, 0.2) is 27.5 Å². The molecule has 1 aliphatic heterocycles. The number of carboxylic acids is 1. The molecular weight excluding hydrogens is 372 g/mol. The number of ether oxygens (including phenoxy) is 1. The van der Waals surface area contributed by atoms with Gasteiger partial charge in [-0.25, -0.2) is 13.4 Å². The zero-order valence-corrected chi connectivity index (χ0v) is 16.2. The summed E-state index contributed by atoms with van der Waals surface area (Å²) in [6, 6.07) is 4.39. The molecule has 2 heterocycles. The van der Waals surface area contributed by atoms with E-state index in [0.29, 0.717) is 23.6 Å². The smallest absolute Gasteiger partial charge is 0.307 e. The molecule has 0 amide bonds. The monoisotopic (exact) mass is 394 g/mol. The number of oxazole rings is 1. The van der Waals surface area contributed by atoms with Crippen molar-refractivity contribution in [1.82, 2.24) is 9.29 Å². The molecule has 0 aliphatic carbocycles. The molecule has 0 unspecified atom stereocenters. The SMILES string of the molecule is COc1ccc(CC(=O)O)cc1S(=O)(=O)N1CCc2oc(C(C)C)nc2C1. The summed E-state index contributed by atoms with van der Waals surface area (Å²) < 4.78 is 38.6. The lowest BCUT2D eigenvalue weighted by Crippen LogP contribution is -2.36. The maximum absolute atomic E-state index is 13.2. The number of hydrogen-bond acceptors (Lipinski definition) is 6. The second-order valence-corrected chi connectivity index (χ2v) is 8.63. The van der Waals surface area contributed by atoms with Crippen LogP contribution in [0, 0.1) is 0 Å². The minimum atomic E-state index is -3.88. The summed E-state index contributed by atoms with van der Waals surface area (Å²) in [4.78, 5) is 15.4. The van der Waals surface area contributed by atoms with Gasteiger partial charge in [-0.3, -0.25) is 4.79 Å². The Bertz CT molecular complexity index is 964. The van der Waals surface area contributed by atoms with Gasteiger partial charge in [-0.2, -0.15) is 4.31 Å². The zero-order valence-electron chi connectivity index (χ0n) is 15.4. The summed E-state index contributed by atoms with van der Waals surface area (Å²) in [5, 5.41) is 8.98. The highest BCUT2D eigenvalue weighted by Gasteiger charge is 2.33. The Morgan fingerprint density at radius 3 is 2.78 bits per heavy atom. The maximum Gasteiger partial charge on any atom is 0.307 e. The highest BCUT2D eigenvalue weighted by molar-refractivity contribution is 7.89. The van der Waals surface area contributed by atoms with Gasteiger partial charge in [0, 0.05) is 18.9 Å². The molecule has 1 N–H and O–H groups in total. The summed E-state index contributed by atoms with van der Waals surface area (Å²) >= 11 is 0. The molecule has 2 aromatic rings. The quantitative estimate of drug-likeness (QED) is 0.799. The van der Waals surface area contributed by atoms with Crippen molar-refractivity contribution < 1.29 is 27.5 Å². The first-order valence-corrected chi connectivity index (χ1v) is 10.0. The third-order valence-corrected chi connectivity index (χ3v) is 6.27. The molecule has 1 aliphatic rings. The Morgan fingerprint density at radius 2 is 2.15 bits per heavy atom. The van der Waals surface area contributed by atoms with Crippen molar-refractivity contribution in [2.24, 2.45) is 0 Å². The average Bonchev–Trinajstić information content (AvgIpc) is 3.04. The minimum Gasteiger partial charge on any atom is -0.495 e. The van der Waals surface area contributed by atoms with Crippen LogP contribution >= 0.6 is 0 Å². The van der Waals surface area contributed by atoms with Crippen LogP contribution in [0.5, 0.6) is 5.75 Å². The van der Waals surface area contributed by atoms with Crippen molar-refractivity contribution >= 4 is 16.0 Å². The molecule has 0 saturated carbocycles. The summed E-state index contributed by atoms with van der Waals surface area (Å²) in [6.07, 6.45) is 0.170. The number of fused-ring (bicyclic) bond motifs is 1. The van der Waals surface area contributed by atoms with Crippen LogP contribution in [0.4, 0.5) is 0 Å². The maximum atomic E-state index is 13.2. The molecular formula is C18H22N2O6S. The second kappa shape index (κ2) is 7.32. The van der Waals surface area contributed by atoms with E-state index in [4.69, 9.17) is 14.3 Å². The molecule has 0 fully saturated rings. The number of nitrogens with zero attached hydrogens (tertiary/aromatic N) is 2. The second-order valence-electron chi connectivity index (χ2n) is 6.72. The van der Waals surface area contributed by atoms with Gasteiger partial charge in [0.25, 0.3) is 0 Å². The van der Waals surface area contributed by atoms with Gasteiger partial charge in [0.1, 0.15) is 16.4 Å². The number of rotatable bonds is 6. The van der Waals surface area contributed by atoms with Crippen molar-refractivity contribution in [3.05, 3.63) is 41.1 Å². The molecule has 0 spiro atoms. The van der Waals surface area contributed by atoms with E-state index in [1.54, 1.807) is 6.07 Å². The Kier molecular flexibility index (Phi) is 5.25. The number of sulfonamides is 1. The lowest BCUT2D eigenvalue weighted by molar-refractivity contribution is -0.136. The predicted molar refractivity (Wildman–Crippen MR) is 96.2 cm³/mol. The van der Waals surface area contributed by atoms with E-state index in [0.717, 1.165) is 5.76 Å². The largest absolute Gasteiger partial charge is 0.495 e. The van der Waals surface area contributed by atoms with Crippen LogP contribution in [0.2, 0.25) is 0 Å². The number of carboxylic acid groups (broad SMARTS) is 1. The van der Waals surface area contributed by atoms with Gasteiger partial charge in [-0.15, -0.1) is 0 Å². The molecule has 0 radical (unpaired) electrons. The van der Waals surface area contributed by atoms with Crippen LogP contribution < -0.4 is 4.74 Å². The lowest BCUT2D eigenvalue weighted by Gasteiger charge is -2.25. The van der Waals surface area contributed by atoms with Gasteiger partial charge in [-0.05, 0) is 17.7 Å². The number of hydrogen-bond donors (Lipinski definition) is 1. The van der Waals surface area contributed by atoms with E-state index in [1.807, 2.05) is 13.8 Å². The van der Waals surface area contributed by atoms with Crippen molar-refractivity contribution in [3.8, 4) is 5.75 Å². The molecule has 9 heteroatoms. The lowest BCUT2D eigenvalue weighted by atomic mass is 10.1. The van der Waals surface area contributed by atoms with Crippen LogP contribution in [0.3, 0.4) is 0 Å². The molecule has 0 atom stereocenters. The fourth-order valence-corrected chi connectivity index (χ4v) is 4.60. The Balaban J connectivity index is 1.95. The van der Waals surface area contributed by atoms with Crippen molar-refractivity contribution in [1.29, 1.82) is 0 Å². The highest BCUT2D eigenvalue weighted by Crippen LogP contribution is 2.32. The van der Waals surface area contributed by atoms with E-state index in [1.165, 1.54) is 23.5 Å². The number of methoxy groups -OCH3 is 1. The Hall–Kier alpha value is -2.39. The first-order valence-electron chi connectivity index (χ1n) is 8.59. The van der Waals surface area contributed by atoms with Gasteiger partial charge >= 0.3 is 5.97 Å². The standard InChI is InChI=1S/C18H22N2O6S/c1-11(2)18-19-13-10-20(7-6-14(13)26-18)27(23,24)16-8-12(9-17(21)22)4-5-15(16)25-3/h4-5,8,11H,6-7,9-10H2,1-3H3,(H,21,22). The summed E-state index contributed by atoms with van der Waals surface area (Å²) in [7, 11) is -2.50. The third kappa shape index (κ3) is 3.84.